The highest BCUT2D eigenvalue weighted by Gasteiger charge is 2.34. The summed E-state index contributed by atoms with van der Waals surface area (Å²) < 4.78 is 5.57. The Balaban J connectivity index is 0.00000364. The molecule has 1 fully saturated rings. The van der Waals surface area contributed by atoms with Crippen LogP contribution in [-0.2, 0) is 4.74 Å². The van der Waals surface area contributed by atoms with Gasteiger partial charge in [-0.3, -0.25) is 4.99 Å². The van der Waals surface area contributed by atoms with Crippen molar-refractivity contribution in [3.63, 3.8) is 0 Å². The number of benzene rings is 1. The monoisotopic (exact) mass is 489 g/mol. The molecule has 2 unspecified atom stereocenters. The lowest BCUT2D eigenvalue weighted by atomic mass is 9.84. The quantitative estimate of drug-likeness (QED) is 0.283. The van der Waals surface area contributed by atoms with E-state index in [1.807, 2.05) is 0 Å². The molecule has 0 spiro atoms. The number of aliphatic imine (C=N–C) groups is 1. The van der Waals surface area contributed by atoms with E-state index in [0.29, 0.717) is 25.0 Å². The van der Waals surface area contributed by atoms with Crippen molar-refractivity contribution in [3.05, 3.63) is 35.9 Å². The zero-order valence-corrected chi connectivity index (χ0v) is 19.2. The van der Waals surface area contributed by atoms with Gasteiger partial charge in [-0.15, -0.1) is 24.0 Å². The average Bonchev–Trinajstić information content (AvgIpc) is 3.09. The molecule has 0 saturated carbocycles. The van der Waals surface area contributed by atoms with E-state index < -0.39 is 0 Å². The van der Waals surface area contributed by atoms with Crippen molar-refractivity contribution in [3.8, 4) is 0 Å². The number of aliphatic hydroxyl groups is 1. The molecule has 27 heavy (non-hydrogen) atoms. The van der Waals surface area contributed by atoms with E-state index in [1.54, 1.807) is 0 Å². The Hall–Kier alpha value is -0.860. The van der Waals surface area contributed by atoms with Gasteiger partial charge in [-0.05, 0) is 31.2 Å². The Labute approximate surface area is 181 Å². The summed E-state index contributed by atoms with van der Waals surface area (Å²) in [6.45, 7) is 10.6. The van der Waals surface area contributed by atoms with Gasteiger partial charge in [-0.25, -0.2) is 0 Å². The minimum Gasteiger partial charge on any atom is -0.396 e. The highest BCUT2D eigenvalue weighted by atomic mass is 127. The lowest BCUT2D eigenvalue weighted by Crippen LogP contribution is -2.41. The van der Waals surface area contributed by atoms with Gasteiger partial charge in [0, 0.05) is 37.6 Å². The first-order chi connectivity index (χ1) is 12.6. The molecule has 1 aromatic carbocycles. The topological polar surface area (TPSA) is 65.9 Å². The normalized spacial score (nSPS) is 21.0. The third-order valence-corrected chi connectivity index (χ3v) is 5.27. The fourth-order valence-corrected chi connectivity index (χ4v) is 3.52. The predicted octanol–water partition coefficient (Wildman–Crippen LogP) is 3.39. The van der Waals surface area contributed by atoms with Gasteiger partial charge in [-0.1, -0.05) is 44.2 Å². The number of nitrogens with zero attached hydrogens (tertiary/aromatic N) is 1. The molecule has 6 heteroatoms. The van der Waals surface area contributed by atoms with E-state index in [9.17, 15) is 5.11 Å². The molecule has 1 aliphatic heterocycles. The van der Waals surface area contributed by atoms with Gasteiger partial charge in [0.15, 0.2) is 5.96 Å². The van der Waals surface area contributed by atoms with Crippen LogP contribution in [0, 0.1) is 11.3 Å². The Kier molecular flexibility index (Phi) is 11.3. The smallest absolute Gasteiger partial charge is 0.191 e. The van der Waals surface area contributed by atoms with Crippen molar-refractivity contribution in [1.29, 1.82) is 0 Å². The van der Waals surface area contributed by atoms with Gasteiger partial charge in [0.1, 0.15) is 0 Å². The first-order valence-corrected chi connectivity index (χ1v) is 9.86. The predicted molar refractivity (Wildman–Crippen MR) is 123 cm³/mol. The summed E-state index contributed by atoms with van der Waals surface area (Å²) in [7, 11) is 0. The maximum absolute atomic E-state index is 9.39. The molecule has 1 heterocycles. The molecule has 2 rings (SSSR count). The maximum atomic E-state index is 9.39. The van der Waals surface area contributed by atoms with E-state index in [0.717, 1.165) is 38.5 Å². The average molecular weight is 489 g/mol. The summed E-state index contributed by atoms with van der Waals surface area (Å²) in [6, 6.07) is 10.7. The number of rotatable bonds is 9. The molecule has 3 N–H and O–H groups in total. The lowest BCUT2D eigenvalue weighted by molar-refractivity contribution is 0.131. The highest BCUT2D eigenvalue weighted by Crippen LogP contribution is 2.32. The van der Waals surface area contributed by atoms with E-state index in [-0.39, 0.29) is 36.0 Å². The molecular formula is C21H36IN3O2. The number of nitrogens with one attached hydrogen (secondary N) is 2. The van der Waals surface area contributed by atoms with Crippen molar-refractivity contribution < 1.29 is 9.84 Å². The summed E-state index contributed by atoms with van der Waals surface area (Å²) in [5.41, 5.74) is 1.33. The Morgan fingerprint density at radius 2 is 2.00 bits per heavy atom. The molecule has 0 bridgehead atoms. The van der Waals surface area contributed by atoms with Crippen LogP contribution in [0.2, 0.25) is 0 Å². The molecule has 0 amide bonds. The molecule has 0 aliphatic carbocycles. The Morgan fingerprint density at radius 3 is 2.56 bits per heavy atom. The van der Waals surface area contributed by atoms with Crippen molar-refractivity contribution >= 4 is 29.9 Å². The number of ether oxygens (including phenoxy) is 1. The molecule has 5 nitrogen and oxygen atoms in total. The van der Waals surface area contributed by atoms with Gasteiger partial charge in [0.05, 0.1) is 13.2 Å². The SMILES string of the molecule is CCNC(=NCC1(CCO)CCOC1)NCC(c1ccccc1)C(C)C.I. The van der Waals surface area contributed by atoms with Crippen molar-refractivity contribution in [2.45, 2.75) is 39.5 Å². The summed E-state index contributed by atoms with van der Waals surface area (Å²) in [4.78, 5) is 4.81. The van der Waals surface area contributed by atoms with Crippen molar-refractivity contribution in [2.75, 3.05) is 39.5 Å². The Bertz CT molecular complexity index is 546. The van der Waals surface area contributed by atoms with Crippen molar-refractivity contribution in [1.82, 2.24) is 10.6 Å². The minimum absolute atomic E-state index is 0. The zero-order valence-electron chi connectivity index (χ0n) is 16.9. The van der Waals surface area contributed by atoms with Crippen LogP contribution in [0.25, 0.3) is 0 Å². The number of halogens is 1. The molecule has 1 aliphatic rings. The standard InChI is InChI=1S/C21H35N3O2.HI/c1-4-22-20(24-15-21(10-12-25)11-13-26-16-21)23-14-19(17(2)3)18-8-6-5-7-9-18;/h5-9,17,19,25H,4,10-16H2,1-3H3,(H2,22,23,24);1H. The molecule has 0 aromatic heterocycles. The molecular weight excluding hydrogens is 453 g/mol. The Morgan fingerprint density at radius 1 is 1.26 bits per heavy atom. The lowest BCUT2D eigenvalue weighted by Gasteiger charge is -2.26. The second-order valence-electron chi connectivity index (χ2n) is 7.61. The molecule has 0 radical (unpaired) electrons. The van der Waals surface area contributed by atoms with Crippen LogP contribution in [0.4, 0.5) is 0 Å². The van der Waals surface area contributed by atoms with Gasteiger partial charge in [-0.2, -0.15) is 0 Å². The van der Waals surface area contributed by atoms with Crippen LogP contribution in [0.5, 0.6) is 0 Å². The summed E-state index contributed by atoms with van der Waals surface area (Å²) in [5, 5.41) is 16.3. The molecule has 1 saturated heterocycles. The van der Waals surface area contributed by atoms with Crippen LogP contribution in [0.15, 0.2) is 35.3 Å². The van der Waals surface area contributed by atoms with E-state index in [4.69, 9.17) is 9.73 Å². The van der Waals surface area contributed by atoms with Crippen LogP contribution in [0.1, 0.15) is 45.1 Å². The molecule has 1 aromatic rings. The number of guanidine groups is 1. The van der Waals surface area contributed by atoms with Crippen LogP contribution in [0.3, 0.4) is 0 Å². The molecule has 154 valence electrons. The summed E-state index contributed by atoms with van der Waals surface area (Å²) in [5.74, 6) is 1.82. The number of aliphatic hydroxyl groups excluding tert-OH is 1. The van der Waals surface area contributed by atoms with E-state index in [2.05, 4.69) is 61.7 Å². The second-order valence-corrected chi connectivity index (χ2v) is 7.61. The zero-order chi connectivity index (χ0) is 18.8. The first kappa shape index (κ1) is 24.2. The maximum Gasteiger partial charge on any atom is 0.191 e. The van der Waals surface area contributed by atoms with Crippen LogP contribution < -0.4 is 10.6 Å². The third kappa shape index (κ3) is 7.58. The van der Waals surface area contributed by atoms with Crippen molar-refractivity contribution in [2.24, 2.45) is 16.3 Å². The second kappa shape index (κ2) is 12.6. The largest absolute Gasteiger partial charge is 0.396 e. The summed E-state index contributed by atoms with van der Waals surface area (Å²) >= 11 is 0. The fourth-order valence-electron chi connectivity index (χ4n) is 3.52. The number of hydrogen-bond donors (Lipinski definition) is 3. The van der Waals surface area contributed by atoms with Crippen LogP contribution >= 0.6 is 24.0 Å². The first-order valence-electron chi connectivity index (χ1n) is 9.86. The van der Waals surface area contributed by atoms with Gasteiger partial charge < -0.3 is 20.5 Å². The van der Waals surface area contributed by atoms with Gasteiger partial charge in [0.25, 0.3) is 0 Å². The van der Waals surface area contributed by atoms with Gasteiger partial charge >= 0.3 is 0 Å². The molecule has 2 atom stereocenters. The van der Waals surface area contributed by atoms with Gasteiger partial charge in [0.2, 0.25) is 0 Å². The summed E-state index contributed by atoms with van der Waals surface area (Å²) in [6.07, 6.45) is 1.71. The van der Waals surface area contributed by atoms with E-state index >= 15 is 0 Å². The van der Waals surface area contributed by atoms with E-state index in [1.165, 1.54) is 5.56 Å². The van der Waals surface area contributed by atoms with Crippen LogP contribution in [-0.4, -0.2) is 50.5 Å². The minimum atomic E-state index is -0.0199. The number of hydrogen-bond acceptors (Lipinski definition) is 3. The third-order valence-electron chi connectivity index (χ3n) is 5.27. The fraction of sp³-hybridized carbons (Fsp3) is 0.667. The highest BCUT2D eigenvalue weighted by molar-refractivity contribution is 14.0.